The summed E-state index contributed by atoms with van der Waals surface area (Å²) in [5.74, 6) is 0.114. The number of rotatable bonds is 2. The van der Waals surface area contributed by atoms with E-state index in [2.05, 4.69) is 4.98 Å². The van der Waals surface area contributed by atoms with Crippen LogP contribution in [-0.4, -0.2) is 48.8 Å². The fraction of sp³-hybridized carbons (Fsp3) is 0.357. The lowest BCUT2D eigenvalue weighted by Gasteiger charge is -2.23. The second kappa shape index (κ2) is 4.63. The first-order chi connectivity index (χ1) is 9.46. The number of H-pyrrole nitrogens is 1. The van der Waals surface area contributed by atoms with Gasteiger partial charge in [0.15, 0.2) is 9.84 Å². The van der Waals surface area contributed by atoms with Crippen molar-refractivity contribution in [3.05, 3.63) is 36.0 Å². The third-order valence-corrected chi connectivity index (χ3v) is 5.63. The zero-order chi connectivity index (χ0) is 14.3. The summed E-state index contributed by atoms with van der Waals surface area (Å²) in [6.07, 6.45) is 2.35. The van der Waals surface area contributed by atoms with E-state index >= 15 is 0 Å². The molecular formula is C14H16N2O3S. The number of carbonyl (C=O) groups is 1. The third-order valence-electron chi connectivity index (χ3n) is 3.88. The van der Waals surface area contributed by atoms with Crippen molar-refractivity contribution in [2.24, 2.45) is 0 Å². The fourth-order valence-corrected chi connectivity index (χ4v) is 4.41. The van der Waals surface area contributed by atoms with E-state index in [1.165, 1.54) is 0 Å². The zero-order valence-electron chi connectivity index (χ0n) is 11.2. The lowest BCUT2D eigenvalue weighted by molar-refractivity contribution is 0.0748. The Bertz CT molecular complexity index is 764. The molecule has 0 radical (unpaired) electrons. The topological polar surface area (TPSA) is 70.2 Å². The Labute approximate surface area is 117 Å². The van der Waals surface area contributed by atoms with Gasteiger partial charge in [0.25, 0.3) is 5.91 Å². The summed E-state index contributed by atoms with van der Waals surface area (Å²) in [5.41, 5.74) is 1.57. The van der Waals surface area contributed by atoms with E-state index in [9.17, 15) is 13.2 Å². The van der Waals surface area contributed by atoms with Crippen LogP contribution in [0.3, 0.4) is 0 Å². The summed E-state index contributed by atoms with van der Waals surface area (Å²) in [7, 11) is -1.31. The van der Waals surface area contributed by atoms with E-state index in [1.807, 2.05) is 24.4 Å². The number of aromatic nitrogens is 1. The van der Waals surface area contributed by atoms with E-state index in [4.69, 9.17) is 0 Å². The van der Waals surface area contributed by atoms with Gasteiger partial charge in [0.2, 0.25) is 0 Å². The number of aromatic amines is 1. The molecule has 0 aliphatic carbocycles. The first-order valence-electron chi connectivity index (χ1n) is 6.51. The zero-order valence-corrected chi connectivity index (χ0v) is 12.0. The number of carbonyl (C=O) groups excluding carboxylic acids is 1. The molecule has 1 unspecified atom stereocenters. The van der Waals surface area contributed by atoms with Crippen LogP contribution >= 0.6 is 0 Å². The van der Waals surface area contributed by atoms with Crippen LogP contribution in [0.2, 0.25) is 0 Å². The van der Waals surface area contributed by atoms with Gasteiger partial charge in [-0.15, -0.1) is 0 Å². The number of hydrogen-bond donors (Lipinski definition) is 1. The van der Waals surface area contributed by atoms with Crippen molar-refractivity contribution >= 4 is 26.6 Å². The number of amides is 1. The lowest BCUT2D eigenvalue weighted by atomic mass is 10.1. The van der Waals surface area contributed by atoms with Crippen LogP contribution in [0.5, 0.6) is 0 Å². The molecule has 1 aliphatic rings. The number of benzene rings is 1. The van der Waals surface area contributed by atoms with Crippen molar-refractivity contribution in [3.63, 3.8) is 0 Å². The van der Waals surface area contributed by atoms with Crippen LogP contribution in [0.15, 0.2) is 30.5 Å². The first-order valence-corrected chi connectivity index (χ1v) is 8.33. The standard InChI is InChI=1S/C14H16N2O3S/c1-16(12-5-7-20(18,19)9-12)14(17)11-2-3-13-10(8-11)4-6-15-13/h2-4,6,8,12,15H,5,7,9H2,1H3. The average Bonchev–Trinajstić information content (AvgIpc) is 3.02. The monoisotopic (exact) mass is 292 g/mol. The summed E-state index contributed by atoms with van der Waals surface area (Å²) in [6.45, 7) is 0. The van der Waals surface area contributed by atoms with Crippen LogP contribution in [-0.2, 0) is 9.84 Å². The molecule has 5 nitrogen and oxygen atoms in total. The molecule has 1 aromatic heterocycles. The van der Waals surface area contributed by atoms with Gasteiger partial charge in [-0.2, -0.15) is 0 Å². The number of nitrogens with one attached hydrogen (secondary N) is 1. The summed E-state index contributed by atoms with van der Waals surface area (Å²) in [4.78, 5) is 17.1. The average molecular weight is 292 g/mol. The minimum absolute atomic E-state index is 0.0711. The van der Waals surface area contributed by atoms with Gasteiger partial charge in [0.05, 0.1) is 11.5 Å². The number of sulfone groups is 1. The quantitative estimate of drug-likeness (QED) is 0.910. The minimum atomic E-state index is -2.98. The van der Waals surface area contributed by atoms with Crippen molar-refractivity contribution in [2.75, 3.05) is 18.6 Å². The molecule has 0 bridgehead atoms. The van der Waals surface area contributed by atoms with E-state index in [-0.39, 0.29) is 23.5 Å². The molecule has 1 amide bonds. The van der Waals surface area contributed by atoms with Crippen molar-refractivity contribution in [3.8, 4) is 0 Å². The molecular weight excluding hydrogens is 276 g/mol. The van der Waals surface area contributed by atoms with E-state index in [0.717, 1.165) is 10.9 Å². The Hall–Kier alpha value is -1.82. The molecule has 2 heterocycles. The van der Waals surface area contributed by atoms with Crippen molar-refractivity contribution in [1.29, 1.82) is 0 Å². The number of hydrogen-bond acceptors (Lipinski definition) is 3. The molecule has 106 valence electrons. The summed E-state index contributed by atoms with van der Waals surface area (Å²) >= 11 is 0. The first kappa shape index (κ1) is 13.2. The highest BCUT2D eigenvalue weighted by molar-refractivity contribution is 7.91. The fourth-order valence-electron chi connectivity index (χ4n) is 2.64. The van der Waals surface area contributed by atoms with E-state index < -0.39 is 9.84 Å². The molecule has 0 saturated carbocycles. The lowest BCUT2D eigenvalue weighted by Crippen LogP contribution is -2.37. The Balaban J connectivity index is 1.84. The number of fused-ring (bicyclic) bond motifs is 1. The van der Waals surface area contributed by atoms with E-state index in [0.29, 0.717) is 12.0 Å². The molecule has 1 N–H and O–H groups in total. The van der Waals surface area contributed by atoms with Crippen LogP contribution in [0.25, 0.3) is 10.9 Å². The maximum Gasteiger partial charge on any atom is 0.253 e. The van der Waals surface area contributed by atoms with Crippen molar-refractivity contribution < 1.29 is 13.2 Å². The molecule has 1 aliphatic heterocycles. The molecule has 20 heavy (non-hydrogen) atoms. The number of nitrogens with zero attached hydrogens (tertiary/aromatic N) is 1. The summed E-state index contributed by atoms with van der Waals surface area (Å²) in [5, 5.41) is 0.975. The van der Waals surface area contributed by atoms with Gasteiger partial charge in [-0.3, -0.25) is 4.79 Å². The Morgan fingerprint density at radius 1 is 1.35 bits per heavy atom. The predicted molar refractivity (Wildman–Crippen MR) is 77.5 cm³/mol. The van der Waals surface area contributed by atoms with Crippen molar-refractivity contribution in [2.45, 2.75) is 12.5 Å². The van der Waals surface area contributed by atoms with Gasteiger partial charge in [-0.1, -0.05) is 0 Å². The van der Waals surface area contributed by atoms with Crippen LogP contribution in [0.1, 0.15) is 16.8 Å². The summed E-state index contributed by atoms with van der Waals surface area (Å²) < 4.78 is 23.0. The Morgan fingerprint density at radius 3 is 2.85 bits per heavy atom. The highest BCUT2D eigenvalue weighted by atomic mass is 32.2. The van der Waals surface area contributed by atoms with Gasteiger partial charge < -0.3 is 9.88 Å². The molecule has 1 fully saturated rings. The largest absolute Gasteiger partial charge is 0.361 e. The molecule has 1 atom stereocenters. The smallest absolute Gasteiger partial charge is 0.253 e. The van der Waals surface area contributed by atoms with Crippen LogP contribution in [0.4, 0.5) is 0 Å². The minimum Gasteiger partial charge on any atom is -0.361 e. The molecule has 2 aromatic rings. The summed E-state index contributed by atoms with van der Waals surface area (Å²) in [6, 6.07) is 7.15. The highest BCUT2D eigenvalue weighted by Crippen LogP contribution is 2.20. The van der Waals surface area contributed by atoms with Gasteiger partial charge in [0.1, 0.15) is 0 Å². The van der Waals surface area contributed by atoms with Crippen LogP contribution in [0, 0.1) is 0 Å². The molecule has 1 saturated heterocycles. The molecule has 1 aromatic carbocycles. The maximum absolute atomic E-state index is 12.4. The normalized spacial score (nSPS) is 21.1. The SMILES string of the molecule is CN(C(=O)c1ccc2[nH]ccc2c1)C1CCS(=O)(=O)C1. The third kappa shape index (κ3) is 2.31. The second-order valence-electron chi connectivity index (χ2n) is 5.25. The maximum atomic E-state index is 12.4. The van der Waals surface area contributed by atoms with Crippen LogP contribution < -0.4 is 0 Å². The van der Waals surface area contributed by atoms with Gasteiger partial charge >= 0.3 is 0 Å². The Kier molecular flexibility index (Phi) is 3.05. The van der Waals surface area contributed by atoms with E-state index in [1.54, 1.807) is 18.0 Å². The van der Waals surface area contributed by atoms with Crippen molar-refractivity contribution in [1.82, 2.24) is 9.88 Å². The Morgan fingerprint density at radius 2 is 2.15 bits per heavy atom. The van der Waals surface area contributed by atoms with Gasteiger partial charge in [-0.25, -0.2) is 8.42 Å². The van der Waals surface area contributed by atoms with Gasteiger partial charge in [-0.05, 0) is 30.7 Å². The molecule has 0 spiro atoms. The molecule has 6 heteroatoms. The highest BCUT2D eigenvalue weighted by Gasteiger charge is 2.33. The predicted octanol–water partition coefficient (Wildman–Crippen LogP) is 1.43. The second-order valence-corrected chi connectivity index (χ2v) is 7.48. The molecule has 3 rings (SSSR count). The van der Waals surface area contributed by atoms with Gasteiger partial charge in [0, 0.05) is 35.8 Å².